The highest BCUT2D eigenvalue weighted by atomic mass is 32.1. The second-order valence-electron chi connectivity index (χ2n) is 4.61. The van der Waals surface area contributed by atoms with Gasteiger partial charge in [0.1, 0.15) is 5.01 Å². The Morgan fingerprint density at radius 2 is 2.12 bits per heavy atom. The minimum absolute atomic E-state index is 0.498. The van der Waals surface area contributed by atoms with Crippen LogP contribution in [0, 0.1) is 13.8 Å². The average Bonchev–Trinajstić information content (AvgIpc) is 2.86. The molecule has 1 aliphatic heterocycles. The number of rotatable bonds is 1. The second-order valence-corrected chi connectivity index (χ2v) is 5.67. The van der Waals surface area contributed by atoms with Crippen molar-refractivity contribution >= 4 is 21.6 Å². The van der Waals surface area contributed by atoms with E-state index in [1.807, 2.05) is 11.3 Å². The Morgan fingerprint density at radius 1 is 1.31 bits per heavy atom. The van der Waals surface area contributed by atoms with Crippen LogP contribution in [0.1, 0.15) is 35.0 Å². The molecular formula is C13H16N2S. The highest BCUT2D eigenvalue weighted by molar-refractivity contribution is 7.18. The van der Waals surface area contributed by atoms with Gasteiger partial charge in [0, 0.05) is 0 Å². The molecule has 2 heterocycles. The van der Waals surface area contributed by atoms with E-state index in [0.717, 1.165) is 12.1 Å². The number of aromatic nitrogens is 1. The van der Waals surface area contributed by atoms with Crippen LogP contribution in [0.5, 0.6) is 0 Å². The third kappa shape index (κ3) is 1.64. The fourth-order valence-electron chi connectivity index (χ4n) is 2.24. The molecule has 3 heteroatoms. The molecule has 0 saturated carbocycles. The number of hydrogen-bond acceptors (Lipinski definition) is 3. The van der Waals surface area contributed by atoms with Crippen molar-refractivity contribution in [2.45, 2.75) is 32.7 Å². The largest absolute Gasteiger partial charge is 0.308 e. The first kappa shape index (κ1) is 10.2. The van der Waals surface area contributed by atoms with E-state index in [-0.39, 0.29) is 0 Å². The number of nitrogens with zero attached hydrogens (tertiary/aromatic N) is 1. The van der Waals surface area contributed by atoms with Crippen LogP contribution in [0.2, 0.25) is 0 Å². The first-order chi connectivity index (χ1) is 7.74. The maximum absolute atomic E-state index is 4.75. The predicted octanol–water partition coefficient (Wildman–Crippen LogP) is 3.34. The summed E-state index contributed by atoms with van der Waals surface area (Å²) in [5.74, 6) is 0. The van der Waals surface area contributed by atoms with E-state index in [1.54, 1.807) is 0 Å². The molecule has 1 aromatic heterocycles. The first-order valence-corrected chi connectivity index (χ1v) is 6.67. The van der Waals surface area contributed by atoms with Crippen molar-refractivity contribution in [2.24, 2.45) is 0 Å². The maximum atomic E-state index is 4.75. The Bertz CT molecular complexity index is 485. The molecule has 0 bridgehead atoms. The molecule has 2 nitrogen and oxygen atoms in total. The van der Waals surface area contributed by atoms with Gasteiger partial charge in [0.2, 0.25) is 0 Å². The summed E-state index contributed by atoms with van der Waals surface area (Å²) >= 11 is 1.84. The molecule has 3 rings (SSSR count). The highest BCUT2D eigenvalue weighted by Crippen LogP contribution is 2.31. The monoisotopic (exact) mass is 232 g/mol. The zero-order chi connectivity index (χ0) is 11.1. The smallest absolute Gasteiger partial charge is 0.111 e. The third-order valence-corrected chi connectivity index (χ3v) is 4.51. The Morgan fingerprint density at radius 3 is 2.88 bits per heavy atom. The average molecular weight is 232 g/mol. The lowest BCUT2D eigenvalue weighted by atomic mass is 10.1. The fraction of sp³-hybridized carbons (Fsp3) is 0.462. The summed E-state index contributed by atoms with van der Waals surface area (Å²) in [6.45, 7) is 5.46. The number of hydrogen-bond donors (Lipinski definition) is 1. The summed E-state index contributed by atoms with van der Waals surface area (Å²) in [5.41, 5.74) is 3.86. The topological polar surface area (TPSA) is 24.9 Å². The number of benzene rings is 1. The van der Waals surface area contributed by atoms with E-state index in [1.165, 1.54) is 33.7 Å². The maximum Gasteiger partial charge on any atom is 0.111 e. The van der Waals surface area contributed by atoms with Crippen LogP contribution in [0.25, 0.3) is 10.2 Å². The lowest BCUT2D eigenvalue weighted by molar-refractivity contribution is 0.644. The molecule has 84 valence electrons. The minimum atomic E-state index is 0.498. The summed E-state index contributed by atoms with van der Waals surface area (Å²) in [7, 11) is 0. The van der Waals surface area contributed by atoms with E-state index in [4.69, 9.17) is 4.98 Å². The summed E-state index contributed by atoms with van der Waals surface area (Å²) in [4.78, 5) is 4.75. The molecule has 0 spiro atoms. The van der Waals surface area contributed by atoms with Gasteiger partial charge >= 0.3 is 0 Å². The van der Waals surface area contributed by atoms with Gasteiger partial charge in [-0.2, -0.15) is 0 Å². The lowest BCUT2D eigenvalue weighted by Crippen LogP contribution is -2.12. The van der Waals surface area contributed by atoms with Crippen molar-refractivity contribution in [3.63, 3.8) is 0 Å². The van der Waals surface area contributed by atoms with Crippen LogP contribution in [-0.2, 0) is 0 Å². The Balaban J connectivity index is 2.08. The van der Waals surface area contributed by atoms with E-state index in [9.17, 15) is 0 Å². The standard InChI is InChI=1S/C13H16N2S/c1-8-6-11-12(7-9(8)2)16-13(15-11)10-4-3-5-14-10/h6-7,10,14H,3-5H2,1-2H3. The normalized spacial score (nSPS) is 20.8. The molecule has 1 aromatic carbocycles. The second kappa shape index (κ2) is 3.82. The minimum Gasteiger partial charge on any atom is -0.308 e. The van der Waals surface area contributed by atoms with Crippen molar-refractivity contribution in [1.29, 1.82) is 0 Å². The molecule has 2 aromatic rings. The number of fused-ring (bicyclic) bond motifs is 1. The van der Waals surface area contributed by atoms with Crippen molar-refractivity contribution < 1.29 is 0 Å². The van der Waals surface area contributed by atoms with Crippen LogP contribution in [-0.4, -0.2) is 11.5 Å². The van der Waals surface area contributed by atoms with E-state index >= 15 is 0 Å². The lowest BCUT2D eigenvalue weighted by Gasteiger charge is -2.03. The van der Waals surface area contributed by atoms with Gasteiger partial charge < -0.3 is 5.32 Å². The molecule has 16 heavy (non-hydrogen) atoms. The molecule has 1 saturated heterocycles. The predicted molar refractivity (Wildman–Crippen MR) is 69.1 cm³/mol. The number of thiazole rings is 1. The Labute approximate surface area is 99.7 Å². The van der Waals surface area contributed by atoms with Crippen LogP contribution in [0.15, 0.2) is 12.1 Å². The first-order valence-electron chi connectivity index (χ1n) is 5.85. The summed E-state index contributed by atoms with van der Waals surface area (Å²) < 4.78 is 1.33. The third-order valence-electron chi connectivity index (χ3n) is 3.38. The molecule has 1 atom stereocenters. The Kier molecular flexibility index (Phi) is 2.45. The molecule has 1 unspecified atom stereocenters. The van der Waals surface area contributed by atoms with Gasteiger partial charge in [-0.05, 0) is 56.5 Å². The molecule has 0 aliphatic carbocycles. The van der Waals surface area contributed by atoms with E-state index in [0.29, 0.717) is 6.04 Å². The van der Waals surface area contributed by atoms with Gasteiger partial charge in [-0.25, -0.2) is 4.98 Å². The van der Waals surface area contributed by atoms with Crippen molar-refractivity contribution in [3.05, 3.63) is 28.3 Å². The van der Waals surface area contributed by atoms with Crippen LogP contribution in [0.4, 0.5) is 0 Å². The number of nitrogens with one attached hydrogen (secondary N) is 1. The molecule has 1 fully saturated rings. The fourth-order valence-corrected chi connectivity index (χ4v) is 3.40. The molecule has 1 aliphatic rings. The van der Waals surface area contributed by atoms with Gasteiger partial charge in [-0.3, -0.25) is 0 Å². The van der Waals surface area contributed by atoms with Gasteiger partial charge in [0.25, 0.3) is 0 Å². The summed E-state index contributed by atoms with van der Waals surface area (Å²) in [6, 6.07) is 4.97. The Hall–Kier alpha value is -0.930. The SMILES string of the molecule is Cc1cc2nc(C3CCCN3)sc2cc1C. The van der Waals surface area contributed by atoms with Crippen molar-refractivity contribution in [3.8, 4) is 0 Å². The zero-order valence-electron chi connectivity index (χ0n) is 9.71. The summed E-state index contributed by atoms with van der Waals surface area (Å²) in [5, 5.41) is 4.77. The van der Waals surface area contributed by atoms with Gasteiger partial charge in [-0.15, -0.1) is 11.3 Å². The van der Waals surface area contributed by atoms with Crippen LogP contribution in [0.3, 0.4) is 0 Å². The van der Waals surface area contributed by atoms with Crippen molar-refractivity contribution in [1.82, 2.24) is 10.3 Å². The highest BCUT2D eigenvalue weighted by Gasteiger charge is 2.19. The quantitative estimate of drug-likeness (QED) is 0.815. The van der Waals surface area contributed by atoms with E-state index in [2.05, 4.69) is 31.3 Å². The van der Waals surface area contributed by atoms with Crippen LogP contribution < -0.4 is 5.32 Å². The number of aryl methyl sites for hydroxylation is 2. The van der Waals surface area contributed by atoms with Gasteiger partial charge in [-0.1, -0.05) is 0 Å². The molecule has 0 amide bonds. The van der Waals surface area contributed by atoms with E-state index < -0.39 is 0 Å². The molecule has 0 radical (unpaired) electrons. The van der Waals surface area contributed by atoms with Gasteiger partial charge in [0.15, 0.2) is 0 Å². The van der Waals surface area contributed by atoms with Crippen LogP contribution >= 0.6 is 11.3 Å². The van der Waals surface area contributed by atoms with Crippen molar-refractivity contribution in [2.75, 3.05) is 6.54 Å². The molecular weight excluding hydrogens is 216 g/mol. The van der Waals surface area contributed by atoms with Gasteiger partial charge in [0.05, 0.1) is 16.3 Å². The molecule has 1 N–H and O–H groups in total. The zero-order valence-corrected chi connectivity index (χ0v) is 10.5. The summed E-state index contributed by atoms with van der Waals surface area (Å²) in [6.07, 6.45) is 2.51.